The minimum absolute atomic E-state index is 0.0650. The third-order valence-corrected chi connectivity index (χ3v) is 2.96. The van der Waals surface area contributed by atoms with Crippen molar-refractivity contribution in [2.24, 2.45) is 0 Å². The van der Waals surface area contributed by atoms with E-state index in [4.69, 9.17) is 0 Å². The number of rotatable bonds is 7. The Morgan fingerprint density at radius 3 is 2.94 bits per heavy atom. The van der Waals surface area contributed by atoms with E-state index < -0.39 is 0 Å². The van der Waals surface area contributed by atoms with E-state index in [1.165, 1.54) is 5.56 Å². The zero-order valence-electron chi connectivity index (χ0n) is 11.5. The Labute approximate surface area is 109 Å². The molecule has 0 aromatic carbocycles. The molecule has 18 heavy (non-hydrogen) atoms. The van der Waals surface area contributed by atoms with Crippen LogP contribution in [0.4, 0.5) is 0 Å². The highest BCUT2D eigenvalue weighted by atomic mass is 16.2. The van der Waals surface area contributed by atoms with Crippen LogP contribution in [0.1, 0.15) is 37.8 Å². The van der Waals surface area contributed by atoms with Crippen molar-refractivity contribution in [3.05, 3.63) is 29.6 Å². The molecule has 1 rings (SSSR count). The van der Waals surface area contributed by atoms with Crippen LogP contribution in [-0.4, -0.2) is 23.5 Å². The maximum Gasteiger partial charge on any atom is 0.236 e. The lowest BCUT2D eigenvalue weighted by Crippen LogP contribution is -2.42. The summed E-state index contributed by atoms with van der Waals surface area (Å²) >= 11 is 0. The van der Waals surface area contributed by atoms with E-state index >= 15 is 0 Å². The summed E-state index contributed by atoms with van der Waals surface area (Å²) < 4.78 is 0. The Morgan fingerprint density at radius 2 is 2.28 bits per heavy atom. The first-order chi connectivity index (χ1) is 8.65. The zero-order chi connectivity index (χ0) is 13.4. The van der Waals surface area contributed by atoms with Crippen LogP contribution >= 0.6 is 0 Å². The summed E-state index contributed by atoms with van der Waals surface area (Å²) in [4.78, 5) is 15.8. The molecule has 100 valence electrons. The molecule has 0 aliphatic heterocycles. The number of amides is 1. The second kappa shape index (κ2) is 7.82. The van der Waals surface area contributed by atoms with Gasteiger partial charge in [-0.2, -0.15) is 0 Å². The van der Waals surface area contributed by atoms with Crippen LogP contribution < -0.4 is 10.6 Å². The van der Waals surface area contributed by atoms with Crippen LogP contribution in [0, 0.1) is 6.92 Å². The second-order valence-corrected chi connectivity index (χ2v) is 4.55. The number of carbonyl (C=O) groups excluding carboxylic acids is 1. The van der Waals surface area contributed by atoms with Gasteiger partial charge in [0.1, 0.15) is 0 Å². The predicted molar refractivity (Wildman–Crippen MR) is 73.2 cm³/mol. The van der Waals surface area contributed by atoms with E-state index in [-0.39, 0.29) is 11.9 Å². The Bertz CT molecular complexity index is 379. The van der Waals surface area contributed by atoms with Gasteiger partial charge in [0.05, 0.1) is 6.04 Å². The number of pyridine rings is 1. The van der Waals surface area contributed by atoms with Crippen molar-refractivity contribution >= 4 is 5.91 Å². The van der Waals surface area contributed by atoms with Crippen molar-refractivity contribution in [1.29, 1.82) is 0 Å². The number of aromatic nitrogens is 1. The van der Waals surface area contributed by atoms with E-state index in [0.717, 1.165) is 24.9 Å². The Kier molecular flexibility index (Phi) is 6.36. The van der Waals surface area contributed by atoms with Gasteiger partial charge in [-0.3, -0.25) is 9.78 Å². The van der Waals surface area contributed by atoms with Gasteiger partial charge < -0.3 is 10.6 Å². The zero-order valence-corrected chi connectivity index (χ0v) is 11.5. The van der Waals surface area contributed by atoms with E-state index in [2.05, 4.69) is 22.5 Å². The van der Waals surface area contributed by atoms with Gasteiger partial charge in [-0.15, -0.1) is 0 Å². The van der Waals surface area contributed by atoms with Gasteiger partial charge in [-0.05, 0) is 37.5 Å². The molecule has 0 fully saturated rings. The molecule has 0 bridgehead atoms. The Balaban J connectivity index is 2.34. The number of unbranched alkanes of at least 4 members (excludes halogenated alkanes) is 1. The van der Waals surface area contributed by atoms with E-state index in [1.807, 2.05) is 26.1 Å². The van der Waals surface area contributed by atoms with Gasteiger partial charge in [-0.25, -0.2) is 0 Å². The molecule has 1 aromatic rings. The van der Waals surface area contributed by atoms with Gasteiger partial charge in [0.15, 0.2) is 0 Å². The second-order valence-electron chi connectivity index (χ2n) is 4.55. The molecule has 0 saturated carbocycles. The molecule has 1 aromatic heterocycles. The molecule has 4 nitrogen and oxygen atoms in total. The number of nitrogens with one attached hydrogen (secondary N) is 2. The van der Waals surface area contributed by atoms with E-state index in [9.17, 15) is 4.79 Å². The molecule has 4 heteroatoms. The number of hydrogen-bond acceptors (Lipinski definition) is 3. The summed E-state index contributed by atoms with van der Waals surface area (Å²) in [5, 5.41) is 6.15. The number of carbonyl (C=O) groups is 1. The lowest BCUT2D eigenvalue weighted by molar-refractivity contribution is -0.122. The molecule has 1 heterocycles. The maximum atomic E-state index is 11.7. The molecular formula is C14H23N3O. The smallest absolute Gasteiger partial charge is 0.236 e. The van der Waals surface area contributed by atoms with Crippen LogP contribution in [0.3, 0.4) is 0 Å². The van der Waals surface area contributed by atoms with Crippen LogP contribution in [0.25, 0.3) is 0 Å². The van der Waals surface area contributed by atoms with Crippen molar-refractivity contribution in [1.82, 2.24) is 15.6 Å². The normalized spacial score (nSPS) is 12.2. The fraction of sp³-hybridized carbons (Fsp3) is 0.571. The van der Waals surface area contributed by atoms with Gasteiger partial charge >= 0.3 is 0 Å². The molecule has 0 aliphatic carbocycles. The SMILES string of the molecule is CCCCNC(=O)C(C)NCc1ccncc1C. The highest BCUT2D eigenvalue weighted by Crippen LogP contribution is 2.04. The number of nitrogens with zero attached hydrogens (tertiary/aromatic N) is 1. The topological polar surface area (TPSA) is 54.0 Å². The van der Waals surface area contributed by atoms with Crippen molar-refractivity contribution in [3.8, 4) is 0 Å². The van der Waals surface area contributed by atoms with Crippen molar-refractivity contribution in [3.63, 3.8) is 0 Å². The standard InChI is InChI=1S/C14H23N3O/c1-4-5-7-16-14(18)12(3)17-10-13-6-8-15-9-11(13)2/h6,8-9,12,17H,4-5,7,10H2,1-3H3,(H,16,18). The average Bonchev–Trinajstić information content (AvgIpc) is 2.37. The maximum absolute atomic E-state index is 11.7. The predicted octanol–water partition coefficient (Wildman–Crippen LogP) is 1.78. The first-order valence-corrected chi connectivity index (χ1v) is 6.55. The quantitative estimate of drug-likeness (QED) is 0.724. The molecule has 0 radical (unpaired) electrons. The number of hydrogen-bond donors (Lipinski definition) is 2. The van der Waals surface area contributed by atoms with Crippen molar-refractivity contribution < 1.29 is 4.79 Å². The molecule has 0 aliphatic rings. The highest BCUT2D eigenvalue weighted by Gasteiger charge is 2.11. The highest BCUT2D eigenvalue weighted by molar-refractivity contribution is 5.81. The van der Waals surface area contributed by atoms with E-state index in [1.54, 1.807) is 6.20 Å². The Morgan fingerprint density at radius 1 is 1.50 bits per heavy atom. The minimum Gasteiger partial charge on any atom is -0.355 e. The third kappa shape index (κ3) is 4.84. The fourth-order valence-electron chi connectivity index (χ4n) is 1.60. The minimum atomic E-state index is -0.172. The molecule has 0 spiro atoms. The molecule has 1 amide bonds. The molecule has 0 saturated heterocycles. The summed E-state index contributed by atoms with van der Waals surface area (Å²) in [5.41, 5.74) is 2.32. The first-order valence-electron chi connectivity index (χ1n) is 6.55. The lowest BCUT2D eigenvalue weighted by atomic mass is 10.1. The average molecular weight is 249 g/mol. The molecule has 1 unspecified atom stereocenters. The van der Waals surface area contributed by atoms with Crippen LogP contribution in [-0.2, 0) is 11.3 Å². The van der Waals surface area contributed by atoms with Crippen LogP contribution in [0.15, 0.2) is 18.5 Å². The van der Waals surface area contributed by atoms with Crippen LogP contribution in [0.2, 0.25) is 0 Å². The van der Waals surface area contributed by atoms with Gasteiger partial charge in [0.2, 0.25) is 5.91 Å². The summed E-state index contributed by atoms with van der Waals surface area (Å²) in [6.45, 7) is 7.47. The molecule has 2 N–H and O–H groups in total. The Hall–Kier alpha value is -1.42. The largest absolute Gasteiger partial charge is 0.355 e. The van der Waals surface area contributed by atoms with Gasteiger partial charge in [0, 0.05) is 25.5 Å². The fourth-order valence-corrected chi connectivity index (χ4v) is 1.60. The van der Waals surface area contributed by atoms with Crippen LogP contribution in [0.5, 0.6) is 0 Å². The van der Waals surface area contributed by atoms with Gasteiger partial charge in [-0.1, -0.05) is 13.3 Å². The molecule has 1 atom stereocenters. The summed E-state index contributed by atoms with van der Waals surface area (Å²) in [7, 11) is 0. The third-order valence-electron chi connectivity index (χ3n) is 2.96. The lowest BCUT2D eigenvalue weighted by Gasteiger charge is -2.14. The van der Waals surface area contributed by atoms with Crippen molar-refractivity contribution in [2.75, 3.05) is 6.54 Å². The number of aryl methyl sites for hydroxylation is 1. The summed E-state index contributed by atoms with van der Waals surface area (Å²) in [6.07, 6.45) is 5.74. The van der Waals surface area contributed by atoms with Crippen molar-refractivity contribution in [2.45, 2.75) is 46.2 Å². The van der Waals surface area contributed by atoms with E-state index in [0.29, 0.717) is 6.54 Å². The first kappa shape index (κ1) is 14.6. The monoisotopic (exact) mass is 249 g/mol. The summed E-state index contributed by atoms with van der Waals surface area (Å²) in [5.74, 6) is 0.0650. The van der Waals surface area contributed by atoms with Gasteiger partial charge in [0.25, 0.3) is 0 Å². The summed E-state index contributed by atoms with van der Waals surface area (Å²) in [6, 6.07) is 1.80. The molecular weight excluding hydrogens is 226 g/mol.